The van der Waals surface area contributed by atoms with Crippen LogP contribution < -0.4 is 4.74 Å². The third-order valence-corrected chi connectivity index (χ3v) is 3.51. The number of fused-ring (bicyclic) bond motifs is 1. The van der Waals surface area contributed by atoms with Crippen molar-refractivity contribution < 1.29 is 4.74 Å². The Balaban J connectivity index is 2.38. The lowest BCUT2D eigenvalue weighted by Gasteiger charge is -2.25. The summed E-state index contributed by atoms with van der Waals surface area (Å²) in [5.74, 6) is 0.984. The van der Waals surface area contributed by atoms with Crippen molar-refractivity contribution in [2.24, 2.45) is 0 Å². The van der Waals surface area contributed by atoms with Gasteiger partial charge in [0, 0.05) is 6.04 Å². The van der Waals surface area contributed by atoms with Gasteiger partial charge in [-0.25, -0.2) is 0 Å². The molecular formula is C14H21NO. The predicted molar refractivity (Wildman–Crippen MR) is 67.0 cm³/mol. The van der Waals surface area contributed by atoms with E-state index in [0.717, 1.165) is 5.75 Å². The molecule has 0 fully saturated rings. The summed E-state index contributed by atoms with van der Waals surface area (Å²) in [6, 6.07) is 7.10. The molecule has 1 unspecified atom stereocenters. The molecule has 0 radical (unpaired) electrons. The molecule has 0 spiro atoms. The van der Waals surface area contributed by atoms with Gasteiger partial charge < -0.3 is 9.64 Å². The lowest BCUT2D eigenvalue weighted by atomic mass is 9.98. The van der Waals surface area contributed by atoms with E-state index >= 15 is 0 Å². The van der Waals surface area contributed by atoms with Crippen molar-refractivity contribution in [2.75, 3.05) is 21.2 Å². The number of methoxy groups -OCH3 is 1. The highest BCUT2D eigenvalue weighted by Gasteiger charge is 2.20. The molecule has 0 aromatic heterocycles. The second-order valence-electron chi connectivity index (χ2n) is 4.79. The first-order valence-corrected chi connectivity index (χ1v) is 6.05. The minimum atomic E-state index is 0.573. The first-order valence-electron chi connectivity index (χ1n) is 6.05. The van der Waals surface area contributed by atoms with Gasteiger partial charge in [0.1, 0.15) is 5.75 Å². The van der Waals surface area contributed by atoms with E-state index in [2.05, 4.69) is 37.2 Å². The molecule has 2 rings (SSSR count). The van der Waals surface area contributed by atoms with Crippen LogP contribution in [-0.2, 0) is 6.42 Å². The number of rotatable bonds is 2. The van der Waals surface area contributed by atoms with E-state index in [1.807, 2.05) is 0 Å². The maximum Gasteiger partial charge on any atom is 0.119 e. The van der Waals surface area contributed by atoms with Gasteiger partial charge in [0.2, 0.25) is 0 Å². The average Bonchev–Trinajstić information content (AvgIpc) is 2.49. The molecule has 0 amide bonds. The number of benzene rings is 1. The molecule has 0 saturated heterocycles. The van der Waals surface area contributed by atoms with Crippen LogP contribution in [-0.4, -0.2) is 26.1 Å². The summed E-state index contributed by atoms with van der Waals surface area (Å²) in [6.45, 7) is 0. The Morgan fingerprint density at radius 2 is 2.06 bits per heavy atom. The Morgan fingerprint density at radius 3 is 2.75 bits per heavy atom. The fourth-order valence-electron chi connectivity index (χ4n) is 2.60. The molecule has 2 nitrogen and oxygen atoms in total. The van der Waals surface area contributed by atoms with E-state index in [0.29, 0.717) is 6.04 Å². The zero-order valence-corrected chi connectivity index (χ0v) is 10.5. The van der Waals surface area contributed by atoms with Gasteiger partial charge in [0.05, 0.1) is 7.11 Å². The van der Waals surface area contributed by atoms with E-state index in [-0.39, 0.29) is 0 Å². The summed E-state index contributed by atoms with van der Waals surface area (Å²) < 4.78 is 5.30. The van der Waals surface area contributed by atoms with Crippen molar-refractivity contribution in [3.8, 4) is 5.75 Å². The second-order valence-corrected chi connectivity index (χ2v) is 4.79. The van der Waals surface area contributed by atoms with E-state index in [1.54, 1.807) is 7.11 Å². The molecule has 88 valence electrons. The summed E-state index contributed by atoms with van der Waals surface area (Å²) in [4.78, 5) is 2.33. The lowest BCUT2D eigenvalue weighted by Crippen LogP contribution is -2.20. The van der Waals surface area contributed by atoms with Crippen LogP contribution in [0.15, 0.2) is 18.2 Å². The molecule has 1 aromatic rings. The SMILES string of the molecule is COc1ccc2c(c1)CCCCC2N(C)C. The van der Waals surface area contributed by atoms with Crippen LogP contribution in [0.1, 0.15) is 36.4 Å². The van der Waals surface area contributed by atoms with Gasteiger partial charge in [-0.3, -0.25) is 0 Å². The van der Waals surface area contributed by atoms with Crippen LogP contribution >= 0.6 is 0 Å². The number of hydrogen-bond donors (Lipinski definition) is 0. The smallest absolute Gasteiger partial charge is 0.119 e. The van der Waals surface area contributed by atoms with Crippen molar-refractivity contribution in [3.63, 3.8) is 0 Å². The Hall–Kier alpha value is -1.02. The van der Waals surface area contributed by atoms with Crippen molar-refractivity contribution in [1.82, 2.24) is 4.90 Å². The summed E-state index contributed by atoms with van der Waals surface area (Å²) in [7, 11) is 6.08. The maximum absolute atomic E-state index is 5.30. The van der Waals surface area contributed by atoms with E-state index in [4.69, 9.17) is 4.74 Å². The third-order valence-electron chi connectivity index (χ3n) is 3.51. The molecule has 0 saturated carbocycles. The van der Waals surface area contributed by atoms with Crippen LogP contribution in [0.2, 0.25) is 0 Å². The predicted octanol–water partition coefficient (Wildman–Crippen LogP) is 3.02. The largest absolute Gasteiger partial charge is 0.497 e. The number of aryl methyl sites for hydroxylation is 1. The van der Waals surface area contributed by atoms with Crippen LogP contribution in [0, 0.1) is 0 Å². The van der Waals surface area contributed by atoms with Gasteiger partial charge in [-0.15, -0.1) is 0 Å². The van der Waals surface area contributed by atoms with Gasteiger partial charge in [-0.1, -0.05) is 12.5 Å². The average molecular weight is 219 g/mol. The zero-order valence-electron chi connectivity index (χ0n) is 10.5. The quantitative estimate of drug-likeness (QED) is 0.709. The zero-order chi connectivity index (χ0) is 11.5. The van der Waals surface area contributed by atoms with Crippen molar-refractivity contribution in [3.05, 3.63) is 29.3 Å². The highest BCUT2D eigenvalue weighted by Crippen LogP contribution is 2.33. The van der Waals surface area contributed by atoms with Crippen LogP contribution in [0.5, 0.6) is 5.75 Å². The number of hydrogen-bond acceptors (Lipinski definition) is 2. The molecule has 1 aromatic carbocycles. The minimum Gasteiger partial charge on any atom is -0.497 e. The topological polar surface area (TPSA) is 12.5 Å². The number of nitrogens with zero attached hydrogens (tertiary/aromatic N) is 1. The van der Waals surface area contributed by atoms with Gasteiger partial charge in [0.15, 0.2) is 0 Å². The second kappa shape index (κ2) is 4.88. The molecule has 1 aliphatic carbocycles. The van der Waals surface area contributed by atoms with Crippen LogP contribution in [0.3, 0.4) is 0 Å². The van der Waals surface area contributed by atoms with Gasteiger partial charge in [0.25, 0.3) is 0 Å². The Bertz CT molecular complexity index is 360. The standard InChI is InChI=1S/C14H21NO/c1-15(2)14-7-5-4-6-11-10-12(16-3)8-9-13(11)14/h8-10,14H,4-7H2,1-3H3. The first-order chi connectivity index (χ1) is 7.72. The summed E-state index contributed by atoms with van der Waals surface area (Å²) in [5.41, 5.74) is 2.96. The molecule has 2 heteroatoms. The monoisotopic (exact) mass is 219 g/mol. The number of ether oxygens (including phenoxy) is 1. The maximum atomic E-state index is 5.30. The molecule has 1 atom stereocenters. The van der Waals surface area contributed by atoms with E-state index in [1.165, 1.54) is 36.8 Å². The van der Waals surface area contributed by atoms with Gasteiger partial charge in [-0.05, 0) is 56.6 Å². The lowest BCUT2D eigenvalue weighted by molar-refractivity contribution is 0.282. The fourth-order valence-corrected chi connectivity index (χ4v) is 2.60. The Labute approximate surface area is 98.2 Å². The highest BCUT2D eigenvalue weighted by molar-refractivity contribution is 5.38. The molecule has 16 heavy (non-hydrogen) atoms. The Kier molecular flexibility index (Phi) is 3.49. The Morgan fingerprint density at radius 1 is 1.25 bits per heavy atom. The van der Waals surface area contributed by atoms with Gasteiger partial charge >= 0.3 is 0 Å². The summed E-state index contributed by atoms with van der Waals surface area (Å²) in [5, 5.41) is 0. The van der Waals surface area contributed by atoms with E-state index < -0.39 is 0 Å². The highest BCUT2D eigenvalue weighted by atomic mass is 16.5. The molecular weight excluding hydrogens is 198 g/mol. The fraction of sp³-hybridized carbons (Fsp3) is 0.571. The molecule has 0 N–H and O–H groups in total. The molecule has 1 aliphatic rings. The van der Waals surface area contributed by atoms with Crippen molar-refractivity contribution in [1.29, 1.82) is 0 Å². The first kappa shape index (κ1) is 11.5. The van der Waals surface area contributed by atoms with Crippen molar-refractivity contribution >= 4 is 0 Å². The molecule has 0 aliphatic heterocycles. The molecule has 0 heterocycles. The third kappa shape index (κ3) is 2.22. The molecule has 0 bridgehead atoms. The van der Waals surface area contributed by atoms with Crippen LogP contribution in [0.4, 0.5) is 0 Å². The normalized spacial score (nSPS) is 20.4. The minimum absolute atomic E-state index is 0.573. The van der Waals surface area contributed by atoms with Gasteiger partial charge in [-0.2, -0.15) is 0 Å². The van der Waals surface area contributed by atoms with Crippen LogP contribution in [0.25, 0.3) is 0 Å². The summed E-state index contributed by atoms with van der Waals surface area (Å²) in [6.07, 6.45) is 5.08. The van der Waals surface area contributed by atoms with E-state index in [9.17, 15) is 0 Å². The summed E-state index contributed by atoms with van der Waals surface area (Å²) >= 11 is 0. The van der Waals surface area contributed by atoms with Crippen molar-refractivity contribution in [2.45, 2.75) is 31.7 Å².